The van der Waals surface area contributed by atoms with E-state index in [1.54, 1.807) is 0 Å². The fourth-order valence-corrected chi connectivity index (χ4v) is 12.9. The molecule has 0 rings (SSSR count). The number of carbonyl (C=O) groups is 1. The molecule has 28 heavy (non-hydrogen) atoms. The summed E-state index contributed by atoms with van der Waals surface area (Å²) in [4.78, 5) is 13.4. The third-order valence-corrected chi connectivity index (χ3v) is 16.4. The molecule has 0 aromatic carbocycles. The second-order valence-corrected chi connectivity index (χ2v) is 25.3. The van der Waals surface area contributed by atoms with E-state index in [1.165, 1.54) is 0 Å². The lowest BCUT2D eigenvalue weighted by atomic mass is 10.5. The molecule has 0 saturated heterocycles. The van der Waals surface area contributed by atoms with Crippen LogP contribution in [0.3, 0.4) is 0 Å². The zero-order chi connectivity index (χ0) is 22.3. The van der Waals surface area contributed by atoms with Gasteiger partial charge in [0, 0.05) is 13.2 Å². The predicted octanol–water partition coefficient (Wildman–Crippen LogP) is 7.46. The topological polar surface area (TPSA) is 38.8 Å². The molecule has 168 valence electrons. The Hall–Kier alpha value is -0.119. The zero-order valence-corrected chi connectivity index (χ0v) is 23.9. The second-order valence-electron chi connectivity index (χ2n) is 10.7. The quantitative estimate of drug-likeness (QED) is 0.291. The van der Waals surface area contributed by atoms with Gasteiger partial charge in [0.1, 0.15) is 0 Å². The van der Waals surface area contributed by atoms with E-state index in [1.807, 2.05) is 0 Å². The van der Waals surface area contributed by atoms with E-state index in [0.717, 1.165) is 32.0 Å². The summed E-state index contributed by atoms with van der Waals surface area (Å²) in [5.41, 5.74) is 1.23. The highest BCUT2D eigenvalue weighted by atomic mass is 28.4. The van der Waals surface area contributed by atoms with Crippen LogP contribution in [-0.2, 0) is 8.85 Å². The van der Waals surface area contributed by atoms with Gasteiger partial charge in [0.05, 0.1) is 0 Å². The van der Waals surface area contributed by atoms with Gasteiger partial charge >= 0.3 is 6.09 Å². The largest absolute Gasteiger partial charge is 0.503 e. The highest BCUT2D eigenvalue weighted by Crippen LogP contribution is 2.42. The van der Waals surface area contributed by atoms with Crippen LogP contribution < -0.4 is 0 Å². The van der Waals surface area contributed by atoms with Crippen LogP contribution in [0.5, 0.6) is 0 Å². The molecule has 0 unspecified atom stereocenters. The van der Waals surface area contributed by atoms with Crippen LogP contribution in [0.4, 0.5) is 4.79 Å². The second kappa shape index (κ2) is 11.3. The molecule has 0 saturated carbocycles. The number of rotatable bonds is 12. The molecule has 4 nitrogen and oxygen atoms in total. The highest BCUT2D eigenvalue weighted by molar-refractivity contribution is 6.80. The van der Waals surface area contributed by atoms with Gasteiger partial charge in [0.25, 0.3) is 8.32 Å². The Morgan fingerprint density at radius 3 is 1.71 bits per heavy atom. The van der Waals surface area contributed by atoms with E-state index in [9.17, 15) is 4.79 Å². The Kier molecular flexibility index (Phi) is 11.3. The van der Waals surface area contributed by atoms with E-state index in [4.69, 9.17) is 8.85 Å². The summed E-state index contributed by atoms with van der Waals surface area (Å²) in [7, 11) is -5.67. The fourth-order valence-electron chi connectivity index (χ4n) is 4.37. The summed E-state index contributed by atoms with van der Waals surface area (Å²) in [5.74, 6) is 0. The maximum atomic E-state index is 13.4. The lowest BCUT2D eigenvalue weighted by Gasteiger charge is -2.44. The minimum absolute atomic E-state index is 0.0594. The third-order valence-electron chi connectivity index (χ3n) is 5.86. The first kappa shape index (κ1) is 27.9. The summed E-state index contributed by atoms with van der Waals surface area (Å²) >= 11 is 0. The maximum absolute atomic E-state index is 13.4. The van der Waals surface area contributed by atoms with E-state index in [2.05, 4.69) is 85.8 Å². The van der Waals surface area contributed by atoms with Crippen molar-refractivity contribution in [1.29, 1.82) is 0 Å². The average Bonchev–Trinajstić information content (AvgIpc) is 2.52. The van der Waals surface area contributed by atoms with Crippen molar-refractivity contribution in [3.05, 3.63) is 0 Å². The van der Waals surface area contributed by atoms with E-state index in [0.29, 0.717) is 16.6 Å². The summed E-state index contributed by atoms with van der Waals surface area (Å²) in [6.45, 7) is 28.5. The number of amides is 1. The standard InChI is InChI=1S/C21H49NO3Si3/c1-13-16-24-27(11,12)17-14-15-22(26(8,9)10)21(23)25-28(18(2)3,19(4)5)20(6)7/h18-20H,13-17H2,1-12H3. The van der Waals surface area contributed by atoms with Crippen molar-refractivity contribution in [2.45, 2.75) is 117 Å². The molecule has 0 radical (unpaired) electrons. The van der Waals surface area contributed by atoms with Crippen molar-refractivity contribution in [2.75, 3.05) is 13.2 Å². The minimum atomic E-state index is -2.21. The molecule has 0 atom stereocenters. The SMILES string of the molecule is CCCO[Si](C)(C)CCCN(C(=O)O[Si](C(C)C)(C(C)C)C(C)C)[Si](C)(C)C. The molecule has 7 heteroatoms. The smallest absolute Gasteiger partial charge is 0.388 e. The van der Waals surface area contributed by atoms with Crippen LogP contribution in [0.1, 0.15) is 61.3 Å². The first-order valence-electron chi connectivity index (χ1n) is 11.3. The summed E-state index contributed by atoms with van der Waals surface area (Å²) in [6.07, 6.45) is 2.01. The molecular formula is C21H49NO3Si3. The maximum Gasteiger partial charge on any atom is 0.388 e. The molecule has 0 aliphatic heterocycles. The Bertz CT molecular complexity index is 452. The van der Waals surface area contributed by atoms with Gasteiger partial charge < -0.3 is 13.4 Å². The first-order valence-corrected chi connectivity index (χ1v) is 20.0. The van der Waals surface area contributed by atoms with Gasteiger partial charge in [-0.3, -0.25) is 0 Å². The van der Waals surface area contributed by atoms with Crippen molar-refractivity contribution in [3.63, 3.8) is 0 Å². The van der Waals surface area contributed by atoms with Gasteiger partial charge in [-0.2, -0.15) is 0 Å². The molecule has 0 fully saturated rings. The van der Waals surface area contributed by atoms with Crippen molar-refractivity contribution in [3.8, 4) is 0 Å². The molecule has 0 spiro atoms. The lowest BCUT2D eigenvalue weighted by Crippen LogP contribution is -2.57. The summed E-state index contributed by atoms with van der Waals surface area (Å²) < 4.78 is 14.7. The van der Waals surface area contributed by atoms with E-state index in [-0.39, 0.29) is 6.09 Å². The lowest BCUT2D eigenvalue weighted by molar-refractivity contribution is 0.169. The number of hydrogen-bond donors (Lipinski definition) is 0. The summed E-state index contributed by atoms with van der Waals surface area (Å²) in [5, 5.41) is 0. The normalized spacial score (nSPS) is 13.5. The van der Waals surface area contributed by atoms with Gasteiger partial charge in [-0.1, -0.05) is 68.1 Å². The van der Waals surface area contributed by atoms with Crippen molar-refractivity contribution in [2.24, 2.45) is 0 Å². The Morgan fingerprint density at radius 2 is 1.36 bits per heavy atom. The van der Waals surface area contributed by atoms with Gasteiger partial charge in [-0.25, -0.2) is 4.79 Å². The van der Waals surface area contributed by atoms with Crippen LogP contribution in [-0.4, -0.2) is 48.7 Å². The first-order chi connectivity index (χ1) is 12.6. The molecular weight excluding hydrogens is 398 g/mol. The average molecular weight is 448 g/mol. The Morgan fingerprint density at radius 1 is 0.893 bits per heavy atom. The minimum Gasteiger partial charge on any atom is -0.503 e. The molecule has 0 heterocycles. The molecule has 0 N–H and O–H groups in total. The zero-order valence-electron chi connectivity index (χ0n) is 20.9. The molecule has 0 bridgehead atoms. The van der Waals surface area contributed by atoms with E-state index >= 15 is 0 Å². The Labute approximate surface area is 179 Å². The van der Waals surface area contributed by atoms with Gasteiger partial charge in [0.15, 0.2) is 16.6 Å². The van der Waals surface area contributed by atoms with Crippen LogP contribution in [0.15, 0.2) is 0 Å². The van der Waals surface area contributed by atoms with Crippen LogP contribution in [0.2, 0.25) is 55.4 Å². The highest BCUT2D eigenvalue weighted by Gasteiger charge is 2.49. The number of hydrogen-bond acceptors (Lipinski definition) is 3. The monoisotopic (exact) mass is 447 g/mol. The molecule has 0 aromatic rings. The van der Waals surface area contributed by atoms with E-state index < -0.39 is 24.9 Å². The fraction of sp³-hybridized carbons (Fsp3) is 0.952. The van der Waals surface area contributed by atoms with Crippen molar-refractivity contribution in [1.82, 2.24) is 4.57 Å². The molecule has 0 aromatic heterocycles. The van der Waals surface area contributed by atoms with Gasteiger partial charge in [0.2, 0.25) is 0 Å². The number of carbonyl (C=O) groups excluding carboxylic acids is 1. The van der Waals surface area contributed by atoms with Gasteiger partial charge in [-0.05, 0) is 48.6 Å². The van der Waals surface area contributed by atoms with Gasteiger partial charge in [-0.15, -0.1) is 0 Å². The Balaban J connectivity index is 5.34. The molecule has 0 aliphatic carbocycles. The third kappa shape index (κ3) is 7.95. The predicted molar refractivity (Wildman–Crippen MR) is 131 cm³/mol. The van der Waals surface area contributed by atoms with Crippen molar-refractivity contribution >= 4 is 31.0 Å². The van der Waals surface area contributed by atoms with Crippen LogP contribution >= 0.6 is 0 Å². The molecule has 0 aliphatic rings. The molecule has 1 amide bonds. The van der Waals surface area contributed by atoms with Crippen molar-refractivity contribution < 1.29 is 13.6 Å². The number of nitrogens with zero attached hydrogens (tertiary/aromatic N) is 1. The van der Waals surface area contributed by atoms with Crippen LogP contribution in [0.25, 0.3) is 0 Å². The summed E-state index contributed by atoms with van der Waals surface area (Å²) in [6, 6.07) is 1.09. The van der Waals surface area contributed by atoms with Crippen LogP contribution in [0, 0.1) is 0 Å².